The maximum absolute atomic E-state index is 6.63. The van der Waals surface area contributed by atoms with Gasteiger partial charge < -0.3 is 5.73 Å². The third-order valence-corrected chi connectivity index (χ3v) is 6.37. The van der Waals surface area contributed by atoms with E-state index >= 15 is 0 Å². The minimum atomic E-state index is 0.262. The largest absolute Gasteiger partial charge is 0.324 e. The summed E-state index contributed by atoms with van der Waals surface area (Å²) in [5, 5.41) is 2.65. The van der Waals surface area contributed by atoms with Gasteiger partial charge in [-0.05, 0) is 71.3 Å². The van der Waals surface area contributed by atoms with Gasteiger partial charge in [0.25, 0.3) is 0 Å². The second kappa shape index (κ2) is 3.85. The average Bonchev–Trinajstić information content (AvgIpc) is 2.93. The van der Waals surface area contributed by atoms with Gasteiger partial charge in [-0.15, -0.1) is 0 Å². The molecule has 0 aromatic heterocycles. The van der Waals surface area contributed by atoms with Crippen LogP contribution in [0.15, 0.2) is 42.5 Å². The van der Waals surface area contributed by atoms with Crippen LogP contribution in [0.3, 0.4) is 0 Å². The van der Waals surface area contributed by atoms with Crippen LogP contribution in [-0.4, -0.2) is 0 Å². The molecule has 1 heteroatoms. The highest BCUT2D eigenvalue weighted by atomic mass is 14.8. The van der Waals surface area contributed by atoms with E-state index in [-0.39, 0.29) is 6.04 Å². The maximum Gasteiger partial charge on any atom is 0.0329 e. The van der Waals surface area contributed by atoms with Crippen molar-refractivity contribution >= 4 is 10.8 Å². The number of benzene rings is 2. The fraction of sp³-hybridized carbons (Fsp3) is 0.474. The fourth-order valence-corrected chi connectivity index (χ4v) is 5.51. The summed E-state index contributed by atoms with van der Waals surface area (Å²) in [6.45, 7) is 0. The predicted octanol–water partition coefficient (Wildman–Crippen LogP) is 4.13. The van der Waals surface area contributed by atoms with Crippen molar-refractivity contribution in [3.05, 3.63) is 48.0 Å². The molecule has 3 aliphatic rings. The molecule has 0 saturated heterocycles. The molecule has 0 spiro atoms. The molecule has 0 amide bonds. The molecule has 5 rings (SSSR count). The van der Waals surface area contributed by atoms with Crippen molar-refractivity contribution in [2.24, 2.45) is 35.3 Å². The van der Waals surface area contributed by atoms with Crippen LogP contribution in [-0.2, 0) is 0 Å². The molecule has 3 fully saturated rings. The first-order valence-corrected chi connectivity index (χ1v) is 8.07. The first-order valence-electron chi connectivity index (χ1n) is 8.07. The zero-order valence-corrected chi connectivity index (χ0v) is 11.7. The molecule has 2 bridgehead atoms. The molecule has 0 radical (unpaired) electrons. The maximum atomic E-state index is 6.63. The first kappa shape index (κ1) is 11.3. The molecule has 2 N–H and O–H groups in total. The van der Waals surface area contributed by atoms with Crippen molar-refractivity contribution in [3.8, 4) is 0 Å². The monoisotopic (exact) mass is 263 g/mol. The van der Waals surface area contributed by atoms with Crippen molar-refractivity contribution < 1.29 is 0 Å². The lowest BCUT2D eigenvalue weighted by atomic mass is 9.92. The molecule has 5 atom stereocenters. The predicted molar refractivity (Wildman–Crippen MR) is 82.2 cm³/mol. The average molecular weight is 263 g/mol. The molecule has 20 heavy (non-hydrogen) atoms. The van der Waals surface area contributed by atoms with Crippen LogP contribution >= 0.6 is 0 Å². The highest BCUT2D eigenvalue weighted by molar-refractivity contribution is 5.83. The van der Waals surface area contributed by atoms with E-state index in [9.17, 15) is 0 Å². The van der Waals surface area contributed by atoms with Gasteiger partial charge in [0.1, 0.15) is 0 Å². The summed E-state index contributed by atoms with van der Waals surface area (Å²) >= 11 is 0. The molecular weight excluding hydrogens is 242 g/mol. The number of nitrogens with two attached hydrogens (primary N) is 1. The second-order valence-electron chi connectivity index (χ2n) is 7.20. The number of rotatable bonds is 2. The Balaban J connectivity index is 1.47. The van der Waals surface area contributed by atoms with E-state index in [0.29, 0.717) is 0 Å². The van der Waals surface area contributed by atoms with Gasteiger partial charge >= 0.3 is 0 Å². The molecule has 1 nitrogen and oxygen atoms in total. The van der Waals surface area contributed by atoms with Crippen LogP contribution in [0.4, 0.5) is 0 Å². The molecule has 3 aliphatic carbocycles. The number of hydrogen-bond donors (Lipinski definition) is 1. The lowest BCUT2D eigenvalue weighted by Crippen LogP contribution is -2.17. The zero-order valence-electron chi connectivity index (χ0n) is 11.7. The summed E-state index contributed by atoms with van der Waals surface area (Å²) in [5.74, 6) is 4.75. The van der Waals surface area contributed by atoms with E-state index in [1.54, 1.807) is 0 Å². The normalized spacial score (nSPS) is 39.0. The SMILES string of the molecule is NC(c1ccc2ccccc2c1)C1C2C3CCC(C3)C21. The van der Waals surface area contributed by atoms with Crippen molar-refractivity contribution in [2.75, 3.05) is 0 Å². The van der Waals surface area contributed by atoms with Gasteiger partial charge in [-0.2, -0.15) is 0 Å². The van der Waals surface area contributed by atoms with Crippen LogP contribution in [0.25, 0.3) is 10.8 Å². The van der Waals surface area contributed by atoms with Gasteiger partial charge in [-0.25, -0.2) is 0 Å². The Morgan fingerprint density at radius 1 is 0.900 bits per heavy atom. The standard InChI is InChI=1S/C19H21N/c20-19(18-16-13-6-7-14(10-13)17(16)18)15-8-5-11-3-1-2-4-12(11)9-15/h1-5,8-9,13-14,16-19H,6-7,10,20H2. The molecule has 2 aromatic rings. The smallest absolute Gasteiger partial charge is 0.0329 e. The second-order valence-corrected chi connectivity index (χ2v) is 7.20. The van der Waals surface area contributed by atoms with Crippen LogP contribution in [0, 0.1) is 29.6 Å². The highest BCUT2D eigenvalue weighted by Crippen LogP contribution is 2.71. The summed E-state index contributed by atoms with van der Waals surface area (Å²) in [4.78, 5) is 0. The fourth-order valence-electron chi connectivity index (χ4n) is 5.51. The Bertz CT molecular complexity index is 660. The summed E-state index contributed by atoms with van der Waals surface area (Å²) in [5.41, 5.74) is 7.98. The van der Waals surface area contributed by atoms with Crippen molar-refractivity contribution in [3.63, 3.8) is 0 Å². The van der Waals surface area contributed by atoms with Crippen LogP contribution in [0.1, 0.15) is 30.9 Å². The Morgan fingerprint density at radius 3 is 2.35 bits per heavy atom. The molecule has 3 saturated carbocycles. The van der Waals surface area contributed by atoms with E-state index in [2.05, 4.69) is 42.5 Å². The minimum Gasteiger partial charge on any atom is -0.324 e. The topological polar surface area (TPSA) is 26.0 Å². The number of fused-ring (bicyclic) bond motifs is 6. The molecular formula is C19H21N. The van der Waals surface area contributed by atoms with Gasteiger partial charge in [0.15, 0.2) is 0 Å². The quantitative estimate of drug-likeness (QED) is 0.866. The van der Waals surface area contributed by atoms with E-state index in [1.807, 2.05) is 0 Å². The third kappa shape index (κ3) is 1.42. The van der Waals surface area contributed by atoms with Gasteiger partial charge in [-0.1, -0.05) is 36.4 Å². The van der Waals surface area contributed by atoms with Crippen molar-refractivity contribution in [2.45, 2.75) is 25.3 Å². The van der Waals surface area contributed by atoms with Crippen LogP contribution in [0.2, 0.25) is 0 Å². The van der Waals surface area contributed by atoms with E-state index in [1.165, 1.54) is 35.6 Å². The number of hydrogen-bond acceptors (Lipinski definition) is 1. The Labute approximate surface area is 120 Å². The Morgan fingerprint density at radius 2 is 1.60 bits per heavy atom. The minimum absolute atomic E-state index is 0.262. The van der Waals surface area contributed by atoms with E-state index in [0.717, 1.165) is 29.6 Å². The summed E-state index contributed by atoms with van der Waals surface area (Å²) in [7, 11) is 0. The van der Waals surface area contributed by atoms with Gasteiger partial charge in [0.05, 0.1) is 0 Å². The van der Waals surface area contributed by atoms with Crippen molar-refractivity contribution in [1.82, 2.24) is 0 Å². The van der Waals surface area contributed by atoms with Gasteiger partial charge in [0.2, 0.25) is 0 Å². The van der Waals surface area contributed by atoms with E-state index in [4.69, 9.17) is 5.73 Å². The van der Waals surface area contributed by atoms with Crippen molar-refractivity contribution in [1.29, 1.82) is 0 Å². The Hall–Kier alpha value is -1.34. The highest BCUT2D eigenvalue weighted by Gasteiger charge is 2.66. The Kier molecular flexibility index (Phi) is 2.18. The van der Waals surface area contributed by atoms with Crippen LogP contribution < -0.4 is 5.73 Å². The molecule has 0 heterocycles. The zero-order chi connectivity index (χ0) is 13.3. The lowest BCUT2D eigenvalue weighted by Gasteiger charge is -2.17. The first-order chi connectivity index (χ1) is 9.83. The van der Waals surface area contributed by atoms with Crippen LogP contribution in [0.5, 0.6) is 0 Å². The molecule has 0 aliphatic heterocycles. The summed E-state index contributed by atoms with van der Waals surface area (Å²) < 4.78 is 0. The summed E-state index contributed by atoms with van der Waals surface area (Å²) in [6, 6.07) is 15.7. The third-order valence-electron chi connectivity index (χ3n) is 6.37. The van der Waals surface area contributed by atoms with Gasteiger partial charge in [-0.3, -0.25) is 0 Å². The van der Waals surface area contributed by atoms with E-state index < -0.39 is 0 Å². The molecule has 2 aromatic carbocycles. The van der Waals surface area contributed by atoms with Gasteiger partial charge in [0, 0.05) is 6.04 Å². The molecule has 5 unspecified atom stereocenters. The lowest BCUT2D eigenvalue weighted by molar-refractivity contribution is 0.418. The summed E-state index contributed by atoms with van der Waals surface area (Å²) in [6.07, 6.45) is 4.47. The molecule has 102 valence electrons.